The largest absolute Gasteiger partial charge is 0.350 e. The number of nitrogens with one attached hydrogen (secondary N) is 1. The van der Waals surface area contributed by atoms with E-state index in [9.17, 15) is 4.79 Å². The van der Waals surface area contributed by atoms with E-state index in [0.29, 0.717) is 5.02 Å². The highest BCUT2D eigenvalue weighted by molar-refractivity contribution is 6.34. The number of benzene rings is 1. The van der Waals surface area contributed by atoms with Crippen molar-refractivity contribution < 1.29 is 4.79 Å². The molecule has 0 atom stereocenters. The van der Waals surface area contributed by atoms with Crippen LogP contribution in [-0.4, -0.2) is 11.7 Å². The zero-order valence-corrected chi connectivity index (χ0v) is 19.7. The van der Waals surface area contributed by atoms with Gasteiger partial charge in [0.05, 0.1) is 5.71 Å². The molecule has 0 aliphatic heterocycles. The van der Waals surface area contributed by atoms with Crippen LogP contribution in [0.15, 0.2) is 29.4 Å². The number of halogens is 1. The summed E-state index contributed by atoms with van der Waals surface area (Å²) in [6.45, 7) is 2.27. The fourth-order valence-electron chi connectivity index (χ4n) is 3.73. The Morgan fingerprint density at radius 1 is 0.833 bits per heavy atom. The maximum Gasteiger partial charge on any atom is 0.332 e. The second kappa shape index (κ2) is 18.2. The van der Waals surface area contributed by atoms with Crippen molar-refractivity contribution in [2.75, 3.05) is 0 Å². The SMILES string of the molecule is CCCCCCCCCCCCCCCCC/C(=N\NC(N)=O)c1ccccc1Cl. The predicted molar refractivity (Wildman–Crippen MR) is 130 cm³/mol. The Labute approximate surface area is 189 Å². The first kappa shape index (κ1) is 26.5. The normalized spacial score (nSPS) is 11.6. The van der Waals surface area contributed by atoms with Crippen LogP contribution in [0.25, 0.3) is 0 Å². The third-order valence-corrected chi connectivity index (χ3v) is 5.83. The molecule has 1 aromatic rings. The average Bonchev–Trinajstić information content (AvgIpc) is 2.73. The van der Waals surface area contributed by atoms with Gasteiger partial charge in [-0.15, -0.1) is 0 Å². The molecule has 0 unspecified atom stereocenters. The lowest BCUT2D eigenvalue weighted by Gasteiger charge is -2.09. The summed E-state index contributed by atoms with van der Waals surface area (Å²) in [5, 5.41) is 4.81. The van der Waals surface area contributed by atoms with Gasteiger partial charge < -0.3 is 5.73 Å². The Kier molecular flexibility index (Phi) is 16.1. The molecule has 0 aliphatic rings. The van der Waals surface area contributed by atoms with Gasteiger partial charge in [0.15, 0.2) is 0 Å². The van der Waals surface area contributed by atoms with Crippen LogP contribution in [0, 0.1) is 0 Å². The predicted octanol–water partition coefficient (Wildman–Crippen LogP) is 7.97. The molecule has 0 aliphatic carbocycles. The summed E-state index contributed by atoms with van der Waals surface area (Å²) < 4.78 is 0. The van der Waals surface area contributed by atoms with Crippen LogP contribution >= 0.6 is 11.6 Å². The summed E-state index contributed by atoms with van der Waals surface area (Å²) in [6, 6.07) is 6.92. The number of hydrogen-bond acceptors (Lipinski definition) is 2. The lowest BCUT2D eigenvalue weighted by molar-refractivity contribution is 0.249. The Bertz CT molecular complexity index is 604. The van der Waals surface area contributed by atoms with Gasteiger partial charge in [0.2, 0.25) is 0 Å². The summed E-state index contributed by atoms with van der Waals surface area (Å²) >= 11 is 6.28. The molecule has 2 amide bonds. The number of rotatable bonds is 18. The van der Waals surface area contributed by atoms with E-state index >= 15 is 0 Å². The van der Waals surface area contributed by atoms with Gasteiger partial charge in [-0.2, -0.15) is 5.10 Å². The van der Waals surface area contributed by atoms with Crippen LogP contribution in [0.1, 0.15) is 115 Å². The van der Waals surface area contributed by atoms with Gasteiger partial charge >= 0.3 is 6.03 Å². The molecule has 0 spiro atoms. The van der Waals surface area contributed by atoms with Crippen molar-refractivity contribution >= 4 is 23.3 Å². The van der Waals surface area contributed by atoms with Crippen LogP contribution in [-0.2, 0) is 0 Å². The molecule has 0 aromatic heterocycles. The van der Waals surface area contributed by atoms with Gasteiger partial charge in [-0.1, -0.05) is 127 Å². The van der Waals surface area contributed by atoms with Crippen molar-refractivity contribution in [3.63, 3.8) is 0 Å². The molecular formula is C25H42ClN3O. The number of urea groups is 1. The molecule has 0 fully saturated rings. The summed E-state index contributed by atoms with van der Waals surface area (Å²) in [5.41, 5.74) is 9.14. The highest BCUT2D eigenvalue weighted by Crippen LogP contribution is 2.19. The molecular weight excluding hydrogens is 394 g/mol. The van der Waals surface area contributed by atoms with E-state index in [1.807, 2.05) is 24.3 Å². The number of amides is 2. The number of primary amides is 1. The summed E-state index contributed by atoms with van der Waals surface area (Å²) in [7, 11) is 0. The molecule has 4 nitrogen and oxygen atoms in total. The van der Waals surface area contributed by atoms with Crippen LogP contribution in [0.3, 0.4) is 0 Å². The number of carbonyl (C=O) groups excluding carboxylic acids is 1. The molecule has 3 N–H and O–H groups in total. The van der Waals surface area contributed by atoms with E-state index in [4.69, 9.17) is 17.3 Å². The second-order valence-electron chi connectivity index (χ2n) is 8.21. The number of unbranched alkanes of at least 4 members (excludes halogenated alkanes) is 14. The third kappa shape index (κ3) is 13.6. The molecule has 1 aromatic carbocycles. The minimum atomic E-state index is -0.656. The highest BCUT2D eigenvalue weighted by atomic mass is 35.5. The van der Waals surface area contributed by atoms with E-state index in [0.717, 1.165) is 30.5 Å². The Morgan fingerprint density at radius 2 is 1.30 bits per heavy atom. The summed E-state index contributed by atoms with van der Waals surface area (Å²) in [4.78, 5) is 11.0. The topological polar surface area (TPSA) is 67.5 Å². The fourth-order valence-corrected chi connectivity index (χ4v) is 3.98. The average molecular weight is 436 g/mol. The van der Waals surface area contributed by atoms with E-state index in [1.54, 1.807) is 0 Å². The molecule has 0 radical (unpaired) electrons. The standard InChI is InChI=1S/C25H42ClN3O/c1-2-3-4-5-6-7-8-9-10-11-12-13-14-15-16-21-24(28-29-25(27)30)22-19-17-18-20-23(22)26/h17-20H,2-16,21H2,1H3,(H3,27,29,30)/b28-24+. The minimum absolute atomic E-state index is 0.642. The van der Waals surface area contributed by atoms with Gasteiger partial charge in [-0.3, -0.25) is 0 Å². The summed E-state index contributed by atoms with van der Waals surface area (Å²) in [5.74, 6) is 0. The van der Waals surface area contributed by atoms with Crippen molar-refractivity contribution in [2.24, 2.45) is 10.8 Å². The van der Waals surface area contributed by atoms with Crippen LogP contribution < -0.4 is 11.2 Å². The third-order valence-electron chi connectivity index (χ3n) is 5.50. The Balaban J connectivity index is 2.08. The van der Waals surface area contributed by atoms with Gasteiger partial charge in [0, 0.05) is 10.6 Å². The highest BCUT2D eigenvalue weighted by Gasteiger charge is 2.08. The number of nitrogens with two attached hydrogens (primary N) is 1. The smallest absolute Gasteiger partial charge is 0.332 e. The van der Waals surface area contributed by atoms with Gasteiger partial charge in [-0.05, 0) is 18.9 Å². The van der Waals surface area contributed by atoms with Gasteiger partial charge in [0.1, 0.15) is 0 Å². The van der Waals surface area contributed by atoms with Crippen molar-refractivity contribution in [3.05, 3.63) is 34.9 Å². The molecule has 0 bridgehead atoms. The monoisotopic (exact) mass is 435 g/mol. The maximum absolute atomic E-state index is 11.0. The van der Waals surface area contributed by atoms with E-state index < -0.39 is 6.03 Å². The Morgan fingerprint density at radius 3 is 1.77 bits per heavy atom. The van der Waals surface area contributed by atoms with E-state index in [2.05, 4.69) is 17.5 Å². The number of nitrogens with zero attached hydrogens (tertiary/aromatic N) is 1. The Hall–Kier alpha value is -1.55. The maximum atomic E-state index is 11.0. The van der Waals surface area contributed by atoms with E-state index in [1.165, 1.54) is 83.5 Å². The van der Waals surface area contributed by atoms with Crippen LogP contribution in [0.2, 0.25) is 5.02 Å². The van der Waals surface area contributed by atoms with Crippen molar-refractivity contribution in [1.82, 2.24) is 5.43 Å². The van der Waals surface area contributed by atoms with Crippen LogP contribution in [0.4, 0.5) is 4.79 Å². The number of hydrogen-bond donors (Lipinski definition) is 2. The quantitative estimate of drug-likeness (QED) is 0.137. The van der Waals surface area contributed by atoms with Gasteiger partial charge in [-0.25, -0.2) is 10.2 Å². The molecule has 170 valence electrons. The first-order chi connectivity index (χ1) is 14.6. The molecule has 0 heterocycles. The first-order valence-corrected chi connectivity index (χ1v) is 12.4. The number of carbonyl (C=O) groups is 1. The van der Waals surface area contributed by atoms with Crippen molar-refractivity contribution in [1.29, 1.82) is 0 Å². The molecule has 1 rings (SSSR count). The molecule has 30 heavy (non-hydrogen) atoms. The first-order valence-electron chi connectivity index (χ1n) is 12.0. The minimum Gasteiger partial charge on any atom is -0.350 e. The van der Waals surface area contributed by atoms with Crippen molar-refractivity contribution in [2.45, 2.75) is 110 Å². The van der Waals surface area contributed by atoms with E-state index in [-0.39, 0.29) is 0 Å². The van der Waals surface area contributed by atoms with Crippen molar-refractivity contribution in [3.8, 4) is 0 Å². The molecule has 0 saturated heterocycles. The van der Waals surface area contributed by atoms with Gasteiger partial charge in [0.25, 0.3) is 0 Å². The molecule has 0 saturated carbocycles. The summed E-state index contributed by atoms with van der Waals surface area (Å²) in [6.07, 6.45) is 20.9. The fraction of sp³-hybridized carbons (Fsp3) is 0.680. The zero-order chi connectivity index (χ0) is 21.9. The number of hydrazone groups is 1. The lowest BCUT2D eigenvalue weighted by atomic mass is 10.0. The zero-order valence-electron chi connectivity index (χ0n) is 18.9. The lowest BCUT2D eigenvalue weighted by Crippen LogP contribution is -2.26. The second-order valence-corrected chi connectivity index (χ2v) is 8.62. The van der Waals surface area contributed by atoms with Crippen LogP contribution in [0.5, 0.6) is 0 Å². The molecule has 5 heteroatoms.